The largest absolute Gasteiger partial charge is 0.744 e. The number of urea groups is 1. The fourth-order valence-corrected chi connectivity index (χ4v) is 9.13. The van der Waals surface area contributed by atoms with E-state index in [9.17, 15) is 47.2 Å². The quantitative estimate of drug-likeness (QED) is 0.0417. The van der Waals surface area contributed by atoms with Gasteiger partial charge in [-0.3, -0.25) is 9.59 Å². The molecule has 0 fully saturated rings. The number of unbranched alkanes of at least 4 members (excludes halogenated alkanes) is 3. The lowest BCUT2D eigenvalue weighted by molar-refractivity contribution is -0.468. The van der Waals surface area contributed by atoms with Crippen molar-refractivity contribution < 1.29 is 56.8 Å². The summed E-state index contributed by atoms with van der Waals surface area (Å²) >= 11 is 0. The van der Waals surface area contributed by atoms with Gasteiger partial charge in [0.2, 0.25) is 11.7 Å². The number of fused-ring (bicyclic) bond motifs is 2. The van der Waals surface area contributed by atoms with Crippen LogP contribution in [0.1, 0.15) is 123 Å². The van der Waals surface area contributed by atoms with Crippen LogP contribution >= 0.6 is 0 Å². The average Bonchev–Trinajstić information content (AvgIpc) is 3.55. The molecule has 4 rings (SSSR count). The molecule has 62 heavy (non-hydrogen) atoms. The van der Waals surface area contributed by atoms with E-state index >= 15 is 0 Å². The highest BCUT2D eigenvalue weighted by molar-refractivity contribution is 7.85. The van der Waals surface area contributed by atoms with Gasteiger partial charge in [-0.05, 0) is 82.6 Å². The van der Waals surface area contributed by atoms with E-state index in [1.807, 2.05) is 18.2 Å². The van der Waals surface area contributed by atoms with Crippen LogP contribution in [0.5, 0.6) is 0 Å². The fraction of sp³-hybridized carbons (Fsp3) is 0.556. The number of anilines is 1. The first-order chi connectivity index (χ1) is 29.2. The first-order valence-electron chi connectivity index (χ1n) is 21.5. The maximum Gasteiger partial charge on any atom is 0.326 e. The third-order valence-electron chi connectivity index (χ3n) is 12.1. The minimum absolute atomic E-state index is 0.00117. The highest BCUT2D eigenvalue weighted by atomic mass is 32.2. The predicted molar refractivity (Wildman–Crippen MR) is 233 cm³/mol. The van der Waals surface area contributed by atoms with Gasteiger partial charge in [-0.2, -0.15) is 4.58 Å². The molecule has 0 saturated carbocycles. The van der Waals surface area contributed by atoms with Crippen molar-refractivity contribution in [1.29, 1.82) is 0 Å². The number of nitrogens with zero attached hydrogens (tertiary/aromatic N) is 2. The molecule has 2 aromatic rings. The lowest BCUT2D eigenvalue weighted by atomic mass is 9.78. The number of benzene rings is 2. The van der Waals surface area contributed by atoms with Gasteiger partial charge in [-0.1, -0.05) is 64.8 Å². The molecule has 2 heterocycles. The maximum absolute atomic E-state index is 14.2. The van der Waals surface area contributed by atoms with E-state index in [0.29, 0.717) is 25.7 Å². The molecule has 0 bridgehead atoms. The summed E-state index contributed by atoms with van der Waals surface area (Å²) in [6.45, 7) is 13.6. The monoisotopic (exact) mass is 881 g/mol. The van der Waals surface area contributed by atoms with Crippen molar-refractivity contribution in [2.24, 2.45) is 0 Å². The van der Waals surface area contributed by atoms with Gasteiger partial charge >= 0.3 is 23.9 Å². The van der Waals surface area contributed by atoms with Crippen molar-refractivity contribution in [2.75, 3.05) is 18.0 Å². The minimum atomic E-state index is -4.64. The van der Waals surface area contributed by atoms with E-state index in [2.05, 4.69) is 85.2 Å². The Kier molecular flexibility index (Phi) is 16.9. The van der Waals surface area contributed by atoms with Crippen LogP contribution in [0.2, 0.25) is 0 Å². The maximum atomic E-state index is 14.2. The highest BCUT2D eigenvalue weighted by Gasteiger charge is 2.49. The number of hydrogen-bond donors (Lipinski definition) is 6. The Bertz CT molecular complexity index is 2150. The lowest BCUT2D eigenvalue weighted by Gasteiger charge is -2.34. The van der Waals surface area contributed by atoms with Crippen molar-refractivity contribution in [3.05, 3.63) is 65.7 Å². The number of carboxylic acid groups (broad SMARTS) is 3. The molecule has 0 spiro atoms. The number of rotatable bonds is 24. The zero-order valence-corrected chi connectivity index (χ0v) is 37.4. The van der Waals surface area contributed by atoms with Crippen molar-refractivity contribution in [3.63, 3.8) is 0 Å². The highest BCUT2D eigenvalue weighted by Crippen LogP contribution is 2.48. The zero-order chi connectivity index (χ0) is 46.0. The summed E-state index contributed by atoms with van der Waals surface area (Å²) in [7, 11) is -4.64. The second kappa shape index (κ2) is 21.2. The molecule has 3 amide bonds. The summed E-state index contributed by atoms with van der Waals surface area (Å²) in [6, 6.07) is 8.18. The van der Waals surface area contributed by atoms with Crippen LogP contribution in [0, 0.1) is 0 Å². The number of amides is 3. The molecule has 2 aliphatic heterocycles. The van der Waals surface area contributed by atoms with Crippen LogP contribution in [0.15, 0.2) is 59.5 Å². The van der Waals surface area contributed by atoms with Gasteiger partial charge in [0.15, 0.2) is 5.71 Å². The van der Waals surface area contributed by atoms with Gasteiger partial charge in [0.25, 0.3) is 5.91 Å². The Labute approximate surface area is 364 Å². The smallest absolute Gasteiger partial charge is 0.326 e. The SMILES string of the molecule is CCCCC(C(=O)NCCCCC(NC(=O)NC(CCC(=O)O)C(=O)O)C(=O)O)[N+]1=C(/C=C/CC2N(CCCC)c3ccc(S(=O)(=O)[O-])cc3C2(C)C)C(C)(C)c2ccccc21. The van der Waals surface area contributed by atoms with Crippen LogP contribution in [0.25, 0.3) is 0 Å². The second-order valence-corrected chi connectivity index (χ2v) is 18.6. The zero-order valence-electron chi connectivity index (χ0n) is 36.6. The number of aliphatic carboxylic acids is 3. The van der Waals surface area contributed by atoms with Gasteiger partial charge < -0.3 is 40.7 Å². The number of nitrogens with one attached hydrogen (secondary N) is 3. The Morgan fingerprint density at radius 2 is 1.50 bits per heavy atom. The normalized spacial score (nSPS) is 17.9. The van der Waals surface area contributed by atoms with E-state index < -0.39 is 69.4 Å². The molecule has 0 aromatic heterocycles. The summed E-state index contributed by atoms with van der Waals surface area (Å²) in [6.07, 6.45) is 8.78. The van der Waals surface area contributed by atoms with Crippen LogP contribution in [0.3, 0.4) is 0 Å². The fourth-order valence-electron chi connectivity index (χ4n) is 8.63. The molecule has 0 aliphatic carbocycles. The molecule has 0 saturated heterocycles. The van der Waals surface area contributed by atoms with Crippen molar-refractivity contribution in [1.82, 2.24) is 16.0 Å². The van der Waals surface area contributed by atoms with Gasteiger partial charge in [0.05, 0.1) is 10.3 Å². The van der Waals surface area contributed by atoms with Gasteiger partial charge in [-0.25, -0.2) is 22.8 Å². The van der Waals surface area contributed by atoms with Crippen LogP contribution < -0.4 is 20.9 Å². The van der Waals surface area contributed by atoms with Gasteiger partial charge in [0, 0.05) is 60.8 Å². The summed E-state index contributed by atoms with van der Waals surface area (Å²) < 4.78 is 38.2. The first-order valence-corrected chi connectivity index (χ1v) is 22.9. The van der Waals surface area contributed by atoms with Gasteiger partial charge in [-0.15, -0.1) is 0 Å². The van der Waals surface area contributed by atoms with E-state index in [-0.39, 0.29) is 36.2 Å². The molecule has 2 aromatic carbocycles. The molecule has 17 heteroatoms. The third kappa shape index (κ3) is 11.8. The standard InChI is InChI=1S/C45H63N5O11S/c1-7-9-18-36(40(53)46-26-14-13-17-32(41(54)55)47-43(58)48-33(42(56)57)23-25-39(51)52)50-35-19-12-11-16-30(35)44(3,4)38(50)21-15-20-37-45(5,6)31-28-29(62(59,60)61)22-24-34(31)49(37)27-10-8-2/h11-12,15-16,19,21-22,24,28,32-33,36-37H,7-10,13-14,17-18,20,23,25-27H2,1-6H3,(H6-,46,47,48,51,52,53,54,55,56,57,58,59,60,61)/b21-15+. The summed E-state index contributed by atoms with van der Waals surface area (Å²) in [4.78, 5) is 63.1. The summed E-state index contributed by atoms with van der Waals surface area (Å²) in [5.74, 6) is -4.20. The van der Waals surface area contributed by atoms with Crippen LogP contribution in [0.4, 0.5) is 16.2 Å². The average molecular weight is 882 g/mol. The van der Waals surface area contributed by atoms with E-state index in [0.717, 1.165) is 60.4 Å². The van der Waals surface area contributed by atoms with Crippen LogP contribution in [-0.2, 0) is 40.1 Å². The molecule has 0 radical (unpaired) electrons. The van der Waals surface area contributed by atoms with E-state index in [1.165, 1.54) is 12.1 Å². The first kappa shape index (κ1) is 49.4. The topological polar surface area (TPSA) is 246 Å². The number of carboxylic acids is 3. The Hall–Kier alpha value is -5.29. The Morgan fingerprint density at radius 3 is 2.11 bits per heavy atom. The number of para-hydroxylation sites is 1. The number of carbonyl (C=O) groups excluding carboxylic acids is 2. The van der Waals surface area contributed by atoms with Crippen LogP contribution in [-0.4, -0.2) is 106 Å². The number of allylic oxidation sites excluding steroid dienone is 1. The van der Waals surface area contributed by atoms with Crippen molar-refractivity contribution in [3.8, 4) is 0 Å². The number of hydrogen-bond acceptors (Lipinski definition) is 9. The Morgan fingerprint density at radius 1 is 0.855 bits per heavy atom. The lowest BCUT2D eigenvalue weighted by Crippen LogP contribution is -2.51. The molecule has 2 aliphatic rings. The van der Waals surface area contributed by atoms with Crippen molar-refractivity contribution in [2.45, 2.75) is 152 Å². The van der Waals surface area contributed by atoms with E-state index in [1.54, 1.807) is 6.07 Å². The molecule has 4 unspecified atom stereocenters. The molecular formula is C45H63N5O11S. The minimum Gasteiger partial charge on any atom is -0.744 e. The molecular weight excluding hydrogens is 819 g/mol. The second-order valence-electron chi connectivity index (χ2n) is 17.2. The van der Waals surface area contributed by atoms with Crippen molar-refractivity contribution >= 4 is 57.1 Å². The van der Waals surface area contributed by atoms with Gasteiger partial charge in [0.1, 0.15) is 22.2 Å². The third-order valence-corrected chi connectivity index (χ3v) is 12.9. The molecule has 340 valence electrons. The molecule has 16 nitrogen and oxygen atoms in total. The van der Waals surface area contributed by atoms with E-state index in [4.69, 9.17) is 5.11 Å². The molecule has 4 atom stereocenters. The Balaban J connectivity index is 1.54. The summed E-state index contributed by atoms with van der Waals surface area (Å²) in [5.41, 5.74) is 3.73. The predicted octanol–water partition coefficient (Wildman–Crippen LogP) is 5.80. The summed E-state index contributed by atoms with van der Waals surface area (Å²) in [5, 5.41) is 35.4. The number of carbonyl (C=O) groups is 5. The molecule has 6 N–H and O–H groups in total.